The minimum absolute atomic E-state index is 0.0451. The van der Waals surface area contributed by atoms with Crippen LogP contribution in [0, 0.1) is 0 Å². The van der Waals surface area contributed by atoms with Gasteiger partial charge in [0.1, 0.15) is 12.2 Å². The number of fused-ring (bicyclic) bond motifs is 2. The van der Waals surface area contributed by atoms with Gasteiger partial charge in [-0.25, -0.2) is 0 Å². The highest BCUT2D eigenvalue weighted by molar-refractivity contribution is 4.89. The van der Waals surface area contributed by atoms with E-state index in [0.717, 1.165) is 0 Å². The summed E-state index contributed by atoms with van der Waals surface area (Å²) in [7, 11) is 0. The second kappa shape index (κ2) is 2.19. The number of rotatable bonds is 0. The normalized spacial score (nSPS) is 56.5. The molecule has 11 heavy (non-hydrogen) atoms. The predicted octanol–water partition coefficient (Wildman–Crippen LogP) is 0.925. The summed E-state index contributed by atoms with van der Waals surface area (Å²) in [6.45, 7) is 6.61. The third-order valence-electron chi connectivity index (χ3n) is 2.58. The molecule has 2 aliphatic heterocycles. The van der Waals surface area contributed by atoms with Crippen molar-refractivity contribution in [2.45, 2.75) is 44.9 Å². The topological polar surface area (TPSA) is 27.7 Å². The van der Waals surface area contributed by atoms with Crippen LogP contribution in [0.4, 0.5) is 0 Å². The molecule has 0 aromatic heterocycles. The zero-order valence-electron chi connectivity index (χ0n) is 7.16. The van der Waals surface area contributed by atoms with Gasteiger partial charge in [-0.1, -0.05) is 0 Å². The smallest absolute Gasteiger partial charge is 0.192 e. The Morgan fingerprint density at radius 2 is 2.00 bits per heavy atom. The molecule has 2 saturated heterocycles. The van der Waals surface area contributed by atoms with Crippen molar-refractivity contribution in [2.75, 3.05) is 6.61 Å². The minimum Gasteiger partial charge on any atom is -0.370 e. The molecule has 3 heteroatoms. The summed E-state index contributed by atoms with van der Waals surface area (Å²) in [6.07, 6.45) is 0.352. The largest absolute Gasteiger partial charge is 0.370 e. The lowest BCUT2D eigenvalue weighted by atomic mass is 10.2. The standard InChI is InChI=1S/C8H14O3/c1-5-7-4-9-6(2)8(3,10-5)11-7/h5-7H,4H2,1-3H3. The first kappa shape index (κ1) is 7.53. The van der Waals surface area contributed by atoms with E-state index < -0.39 is 5.79 Å². The molecule has 0 radical (unpaired) electrons. The Kier molecular flexibility index (Phi) is 1.50. The zero-order valence-corrected chi connectivity index (χ0v) is 7.16. The van der Waals surface area contributed by atoms with Crippen LogP contribution >= 0.6 is 0 Å². The van der Waals surface area contributed by atoms with E-state index in [4.69, 9.17) is 14.2 Å². The molecule has 2 fully saturated rings. The highest BCUT2D eigenvalue weighted by Crippen LogP contribution is 2.36. The van der Waals surface area contributed by atoms with E-state index in [2.05, 4.69) is 0 Å². The molecule has 0 aromatic rings. The summed E-state index contributed by atoms with van der Waals surface area (Å²) < 4.78 is 16.8. The van der Waals surface area contributed by atoms with E-state index in [1.54, 1.807) is 0 Å². The maximum atomic E-state index is 5.66. The molecule has 2 rings (SSSR count). The summed E-state index contributed by atoms with van der Waals surface area (Å²) in [6, 6.07) is 0. The lowest BCUT2D eigenvalue weighted by molar-refractivity contribution is -0.261. The summed E-state index contributed by atoms with van der Waals surface area (Å²) in [4.78, 5) is 0. The molecule has 0 N–H and O–H groups in total. The van der Waals surface area contributed by atoms with Crippen molar-refractivity contribution in [1.82, 2.24) is 0 Å². The van der Waals surface area contributed by atoms with Gasteiger partial charge in [0.15, 0.2) is 5.79 Å². The lowest BCUT2D eigenvalue weighted by Crippen LogP contribution is -2.45. The molecule has 4 unspecified atom stereocenters. The summed E-state index contributed by atoms with van der Waals surface area (Å²) in [5.41, 5.74) is 0. The van der Waals surface area contributed by atoms with Crippen LogP contribution in [-0.2, 0) is 14.2 Å². The number of hydrogen-bond donors (Lipinski definition) is 0. The Bertz CT molecular complexity index is 165. The van der Waals surface area contributed by atoms with Gasteiger partial charge >= 0.3 is 0 Å². The van der Waals surface area contributed by atoms with Crippen LogP contribution in [0.2, 0.25) is 0 Å². The summed E-state index contributed by atoms with van der Waals surface area (Å²) >= 11 is 0. The van der Waals surface area contributed by atoms with Crippen LogP contribution in [0.15, 0.2) is 0 Å². The Morgan fingerprint density at radius 3 is 2.64 bits per heavy atom. The van der Waals surface area contributed by atoms with Crippen LogP contribution in [0.5, 0.6) is 0 Å². The Hall–Kier alpha value is -0.120. The van der Waals surface area contributed by atoms with Crippen molar-refractivity contribution >= 4 is 0 Å². The zero-order chi connectivity index (χ0) is 8.06. The molecule has 0 spiro atoms. The van der Waals surface area contributed by atoms with Crippen molar-refractivity contribution in [2.24, 2.45) is 0 Å². The molecule has 3 nitrogen and oxygen atoms in total. The molecule has 64 valence electrons. The van der Waals surface area contributed by atoms with Crippen LogP contribution in [0.3, 0.4) is 0 Å². The molecule has 0 aromatic carbocycles. The molecule has 4 atom stereocenters. The van der Waals surface area contributed by atoms with Crippen LogP contribution in [0.25, 0.3) is 0 Å². The molecular weight excluding hydrogens is 144 g/mol. The minimum atomic E-state index is -0.498. The van der Waals surface area contributed by atoms with Crippen LogP contribution in [-0.4, -0.2) is 30.7 Å². The van der Waals surface area contributed by atoms with Crippen molar-refractivity contribution in [1.29, 1.82) is 0 Å². The second-order valence-electron chi connectivity index (χ2n) is 3.47. The van der Waals surface area contributed by atoms with E-state index >= 15 is 0 Å². The fourth-order valence-electron chi connectivity index (χ4n) is 1.62. The molecule has 0 saturated carbocycles. The lowest BCUT2D eigenvalue weighted by Gasteiger charge is -2.33. The van der Waals surface area contributed by atoms with E-state index in [9.17, 15) is 0 Å². The molecule has 0 aliphatic carbocycles. The average Bonchev–Trinajstić information content (AvgIpc) is 2.18. The molecule has 2 heterocycles. The third kappa shape index (κ3) is 0.991. The van der Waals surface area contributed by atoms with Gasteiger partial charge in [-0.15, -0.1) is 0 Å². The summed E-state index contributed by atoms with van der Waals surface area (Å²) in [5.74, 6) is -0.498. The quantitative estimate of drug-likeness (QED) is 0.524. The fraction of sp³-hybridized carbons (Fsp3) is 1.00. The molecular formula is C8H14O3. The predicted molar refractivity (Wildman–Crippen MR) is 39.2 cm³/mol. The van der Waals surface area contributed by atoms with E-state index in [1.807, 2.05) is 20.8 Å². The highest BCUT2D eigenvalue weighted by Gasteiger charge is 2.50. The van der Waals surface area contributed by atoms with Crippen molar-refractivity contribution in [3.05, 3.63) is 0 Å². The first-order chi connectivity index (χ1) is 5.12. The average molecular weight is 158 g/mol. The SMILES string of the molecule is CC1OC2(C)OC1COC2C. The monoisotopic (exact) mass is 158 g/mol. The van der Waals surface area contributed by atoms with Gasteiger partial charge < -0.3 is 14.2 Å². The van der Waals surface area contributed by atoms with Gasteiger partial charge in [0.25, 0.3) is 0 Å². The Labute approximate surface area is 66.6 Å². The van der Waals surface area contributed by atoms with E-state index in [1.165, 1.54) is 0 Å². The van der Waals surface area contributed by atoms with Gasteiger partial charge in [-0.05, 0) is 20.8 Å². The van der Waals surface area contributed by atoms with E-state index in [-0.39, 0.29) is 18.3 Å². The summed E-state index contributed by atoms with van der Waals surface area (Å²) in [5, 5.41) is 0. The number of hydrogen-bond acceptors (Lipinski definition) is 3. The first-order valence-electron chi connectivity index (χ1n) is 4.09. The molecule has 2 bridgehead atoms. The van der Waals surface area contributed by atoms with Crippen molar-refractivity contribution < 1.29 is 14.2 Å². The molecule has 2 aliphatic rings. The maximum Gasteiger partial charge on any atom is 0.192 e. The maximum absolute atomic E-state index is 5.66. The highest BCUT2D eigenvalue weighted by atomic mass is 16.8. The Morgan fingerprint density at radius 1 is 1.27 bits per heavy atom. The second-order valence-corrected chi connectivity index (χ2v) is 3.47. The van der Waals surface area contributed by atoms with Gasteiger partial charge in [0.2, 0.25) is 0 Å². The van der Waals surface area contributed by atoms with E-state index in [0.29, 0.717) is 6.61 Å². The van der Waals surface area contributed by atoms with Crippen LogP contribution < -0.4 is 0 Å². The van der Waals surface area contributed by atoms with Gasteiger partial charge in [0.05, 0.1) is 12.7 Å². The van der Waals surface area contributed by atoms with Crippen molar-refractivity contribution in [3.63, 3.8) is 0 Å². The molecule has 0 amide bonds. The van der Waals surface area contributed by atoms with Gasteiger partial charge in [-0.2, -0.15) is 0 Å². The first-order valence-corrected chi connectivity index (χ1v) is 4.09. The Balaban J connectivity index is 2.20. The van der Waals surface area contributed by atoms with Crippen molar-refractivity contribution in [3.8, 4) is 0 Å². The fourth-order valence-corrected chi connectivity index (χ4v) is 1.62. The van der Waals surface area contributed by atoms with Crippen LogP contribution in [0.1, 0.15) is 20.8 Å². The number of ether oxygens (including phenoxy) is 3. The van der Waals surface area contributed by atoms with Gasteiger partial charge in [0, 0.05) is 0 Å². The van der Waals surface area contributed by atoms with Gasteiger partial charge in [-0.3, -0.25) is 0 Å². The third-order valence-corrected chi connectivity index (χ3v) is 2.58.